The van der Waals surface area contributed by atoms with Gasteiger partial charge in [0.25, 0.3) is 0 Å². The Kier molecular flexibility index (Phi) is 3.74. The Hall–Kier alpha value is -1.99. The van der Waals surface area contributed by atoms with E-state index < -0.39 is 0 Å². The Labute approximate surface area is 138 Å². The first kappa shape index (κ1) is 14.6. The molecule has 0 unspecified atom stereocenters. The highest BCUT2D eigenvalue weighted by molar-refractivity contribution is 7.18. The maximum absolute atomic E-state index is 12.4. The molecule has 23 heavy (non-hydrogen) atoms. The molecule has 0 spiro atoms. The fourth-order valence-electron chi connectivity index (χ4n) is 3.30. The summed E-state index contributed by atoms with van der Waals surface area (Å²) in [6, 6.07) is 8.02. The van der Waals surface area contributed by atoms with Crippen LogP contribution in [0.25, 0.3) is 10.2 Å². The standard InChI is InChI=1S/C16H18N4O2S/c21-14(20-9-7-17-16(20)22)10-19-8-3-5-12(19)15-18-11-4-1-2-6-13(11)23-15/h1-2,4,6,12H,3,5,7-10H2,(H,17,22)/t12-/m0/s1. The number of aromatic nitrogens is 1. The molecule has 1 aromatic carbocycles. The van der Waals surface area contributed by atoms with E-state index in [0.717, 1.165) is 29.9 Å². The first-order valence-electron chi connectivity index (χ1n) is 7.90. The molecule has 120 valence electrons. The largest absolute Gasteiger partial charge is 0.336 e. The smallest absolute Gasteiger partial charge is 0.324 e. The Morgan fingerprint density at radius 2 is 2.22 bits per heavy atom. The Morgan fingerprint density at radius 3 is 3.00 bits per heavy atom. The van der Waals surface area contributed by atoms with E-state index in [1.807, 2.05) is 18.2 Å². The molecule has 7 heteroatoms. The lowest BCUT2D eigenvalue weighted by Crippen LogP contribution is -2.41. The molecule has 6 nitrogen and oxygen atoms in total. The summed E-state index contributed by atoms with van der Waals surface area (Å²) in [5.41, 5.74) is 1.02. The van der Waals surface area contributed by atoms with Crippen LogP contribution in [0, 0.1) is 0 Å². The number of fused-ring (bicyclic) bond motifs is 1. The van der Waals surface area contributed by atoms with Gasteiger partial charge < -0.3 is 5.32 Å². The Bertz CT molecular complexity index is 726. The lowest BCUT2D eigenvalue weighted by molar-refractivity contribution is -0.129. The van der Waals surface area contributed by atoms with Gasteiger partial charge in [-0.1, -0.05) is 12.1 Å². The molecule has 3 heterocycles. The molecule has 2 fully saturated rings. The number of nitrogens with one attached hydrogen (secondary N) is 1. The summed E-state index contributed by atoms with van der Waals surface area (Å²) in [4.78, 5) is 32.2. The third-order valence-corrected chi connectivity index (χ3v) is 5.59. The number of para-hydroxylation sites is 1. The summed E-state index contributed by atoms with van der Waals surface area (Å²) in [7, 11) is 0. The van der Waals surface area contributed by atoms with Crippen molar-refractivity contribution in [3.8, 4) is 0 Å². The van der Waals surface area contributed by atoms with Gasteiger partial charge in [-0.2, -0.15) is 0 Å². The molecule has 1 aromatic heterocycles. The van der Waals surface area contributed by atoms with E-state index in [0.29, 0.717) is 13.1 Å². The average Bonchev–Trinajstić information content (AvgIpc) is 3.24. The molecule has 0 bridgehead atoms. The molecule has 1 atom stereocenters. The SMILES string of the molecule is O=C(CN1CCC[C@H]1c1nc2ccccc2s1)N1CCNC1=O. The first-order valence-corrected chi connectivity index (χ1v) is 8.72. The monoisotopic (exact) mass is 330 g/mol. The average molecular weight is 330 g/mol. The van der Waals surface area contributed by atoms with E-state index in [1.54, 1.807) is 11.3 Å². The molecule has 2 aromatic rings. The quantitative estimate of drug-likeness (QED) is 0.935. The number of rotatable bonds is 3. The number of urea groups is 1. The number of imide groups is 1. The Balaban J connectivity index is 1.52. The van der Waals surface area contributed by atoms with E-state index in [-0.39, 0.29) is 24.5 Å². The van der Waals surface area contributed by atoms with Crippen molar-refractivity contribution < 1.29 is 9.59 Å². The van der Waals surface area contributed by atoms with Crippen molar-refractivity contribution in [1.29, 1.82) is 0 Å². The second-order valence-corrected chi connectivity index (χ2v) is 6.99. The van der Waals surface area contributed by atoms with Crippen molar-refractivity contribution in [3.05, 3.63) is 29.3 Å². The van der Waals surface area contributed by atoms with Crippen LogP contribution in [0.5, 0.6) is 0 Å². The summed E-state index contributed by atoms with van der Waals surface area (Å²) in [6.45, 7) is 2.18. The third-order valence-electron chi connectivity index (χ3n) is 4.46. The molecule has 2 aliphatic rings. The van der Waals surface area contributed by atoms with Gasteiger partial charge in [0.15, 0.2) is 0 Å². The topological polar surface area (TPSA) is 65.5 Å². The second-order valence-electron chi connectivity index (χ2n) is 5.93. The minimum absolute atomic E-state index is 0.118. The fraction of sp³-hybridized carbons (Fsp3) is 0.438. The highest BCUT2D eigenvalue weighted by atomic mass is 32.1. The van der Waals surface area contributed by atoms with E-state index in [2.05, 4.69) is 16.3 Å². The van der Waals surface area contributed by atoms with Crippen molar-refractivity contribution >= 4 is 33.5 Å². The number of hydrogen-bond donors (Lipinski definition) is 1. The zero-order valence-electron chi connectivity index (χ0n) is 12.7. The van der Waals surface area contributed by atoms with Crippen molar-refractivity contribution in [3.63, 3.8) is 0 Å². The van der Waals surface area contributed by atoms with E-state index in [4.69, 9.17) is 4.98 Å². The van der Waals surface area contributed by atoms with Crippen LogP contribution < -0.4 is 5.32 Å². The molecule has 3 amide bonds. The van der Waals surface area contributed by atoms with Gasteiger partial charge in [0.05, 0.1) is 22.8 Å². The van der Waals surface area contributed by atoms with Gasteiger partial charge in [0, 0.05) is 13.1 Å². The van der Waals surface area contributed by atoms with Gasteiger partial charge in [-0.05, 0) is 31.5 Å². The van der Waals surface area contributed by atoms with Crippen molar-refractivity contribution in [2.45, 2.75) is 18.9 Å². The molecule has 0 saturated carbocycles. The van der Waals surface area contributed by atoms with Crippen molar-refractivity contribution in [2.24, 2.45) is 0 Å². The number of benzene rings is 1. The van der Waals surface area contributed by atoms with Gasteiger partial charge in [-0.3, -0.25) is 14.6 Å². The predicted molar refractivity (Wildman–Crippen MR) is 88.3 cm³/mol. The summed E-state index contributed by atoms with van der Waals surface area (Å²) in [5.74, 6) is -0.118. The van der Waals surface area contributed by atoms with Crippen LogP contribution in [0.2, 0.25) is 0 Å². The predicted octanol–water partition coefficient (Wildman–Crippen LogP) is 1.99. The number of thiazole rings is 1. The minimum atomic E-state index is -0.272. The maximum atomic E-state index is 12.4. The van der Waals surface area contributed by atoms with Crippen LogP contribution in [0.1, 0.15) is 23.9 Å². The molecule has 2 saturated heterocycles. The van der Waals surface area contributed by atoms with E-state index >= 15 is 0 Å². The van der Waals surface area contributed by atoms with E-state index in [9.17, 15) is 9.59 Å². The zero-order valence-corrected chi connectivity index (χ0v) is 13.5. The first-order chi connectivity index (χ1) is 11.2. The van der Waals surface area contributed by atoms with Gasteiger partial charge in [-0.15, -0.1) is 11.3 Å². The van der Waals surface area contributed by atoms with Crippen molar-refractivity contribution in [1.82, 2.24) is 20.1 Å². The van der Waals surface area contributed by atoms with Crippen molar-refractivity contribution in [2.75, 3.05) is 26.2 Å². The minimum Gasteiger partial charge on any atom is -0.336 e. The second kappa shape index (κ2) is 5.90. The fourth-order valence-corrected chi connectivity index (χ4v) is 4.43. The zero-order chi connectivity index (χ0) is 15.8. The van der Waals surface area contributed by atoms with Gasteiger partial charge >= 0.3 is 6.03 Å². The number of amides is 3. The maximum Gasteiger partial charge on any atom is 0.324 e. The summed E-state index contributed by atoms with van der Waals surface area (Å²) in [6.07, 6.45) is 2.07. The van der Waals surface area contributed by atoms with Crippen LogP contribution in [-0.2, 0) is 4.79 Å². The number of likely N-dealkylation sites (tertiary alicyclic amines) is 1. The number of hydrogen-bond acceptors (Lipinski definition) is 5. The van der Waals surface area contributed by atoms with Gasteiger partial charge in [-0.25, -0.2) is 9.78 Å². The van der Waals surface area contributed by atoms with Crippen LogP contribution in [0.3, 0.4) is 0 Å². The summed E-state index contributed by atoms with van der Waals surface area (Å²) in [5, 5.41) is 3.75. The molecule has 2 aliphatic heterocycles. The third kappa shape index (κ3) is 2.70. The molecule has 4 rings (SSSR count). The van der Waals surface area contributed by atoms with Crippen LogP contribution in [-0.4, -0.2) is 52.9 Å². The van der Waals surface area contributed by atoms with Gasteiger partial charge in [0.2, 0.25) is 5.91 Å². The molecule has 1 N–H and O–H groups in total. The lowest BCUT2D eigenvalue weighted by atomic mass is 10.2. The van der Waals surface area contributed by atoms with Crippen LogP contribution in [0.4, 0.5) is 4.79 Å². The summed E-state index contributed by atoms with van der Waals surface area (Å²) < 4.78 is 1.18. The number of carbonyl (C=O) groups excluding carboxylic acids is 2. The molecule has 0 radical (unpaired) electrons. The summed E-state index contributed by atoms with van der Waals surface area (Å²) >= 11 is 1.70. The lowest BCUT2D eigenvalue weighted by Gasteiger charge is -2.23. The number of carbonyl (C=O) groups is 2. The normalized spacial score (nSPS) is 22.0. The Morgan fingerprint density at radius 1 is 1.35 bits per heavy atom. The highest BCUT2D eigenvalue weighted by Crippen LogP contribution is 2.36. The number of nitrogens with zero attached hydrogens (tertiary/aromatic N) is 3. The van der Waals surface area contributed by atoms with E-state index in [1.165, 1.54) is 9.60 Å². The van der Waals surface area contributed by atoms with Gasteiger partial charge in [0.1, 0.15) is 5.01 Å². The highest BCUT2D eigenvalue weighted by Gasteiger charge is 2.33. The van der Waals surface area contributed by atoms with Crippen LogP contribution >= 0.6 is 11.3 Å². The molecule has 0 aliphatic carbocycles. The molecular formula is C16H18N4O2S. The van der Waals surface area contributed by atoms with Crippen LogP contribution in [0.15, 0.2) is 24.3 Å². The molecular weight excluding hydrogens is 312 g/mol.